The predicted octanol–water partition coefficient (Wildman–Crippen LogP) is 0.0551. The van der Waals surface area contributed by atoms with Crippen LogP contribution in [0.4, 0.5) is 4.39 Å². The summed E-state index contributed by atoms with van der Waals surface area (Å²) in [5.74, 6) is -2.58. The Balaban J connectivity index is 2.26. The lowest BCUT2D eigenvalue weighted by atomic mass is 9.98. The van der Waals surface area contributed by atoms with Gasteiger partial charge < -0.3 is 14.6 Å². The number of hydrogen-bond acceptors (Lipinski definition) is 6. The van der Waals surface area contributed by atoms with Gasteiger partial charge in [0, 0.05) is 29.6 Å². The van der Waals surface area contributed by atoms with Crippen LogP contribution in [0.1, 0.15) is 13.2 Å². The van der Waals surface area contributed by atoms with Crippen LogP contribution in [0.25, 0.3) is 10.4 Å². The quantitative estimate of drug-likeness (QED) is 0.328. The lowest BCUT2D eigenvalue weighted by Crippen LogP contribution is -2.43. The van der Waals surface area contributed by atoms with E-state index in [4.69, 9.17) is 15.0 Å². The Morgan fingerprint density at radius 1 is 1.65 bits per heavy atom. The number of hydrogen-bond donors (Lipinski definition) is 2. The summed E-state index contributed by atoms with van der Waals surface area (Å²) >= 11 is 0. The predicted molar refractivity (Wildman–Crippen MR) is 75.3 cm³/mol. The first kappa shape index (κ1) is 17.2. The van der Waals surface area contributed by atoms with Crippen LogP contribution < -0.4 is 11.2 Å². The second-order valence-corrected chi connectivity index (χ2v) is 5.03. The fraction of sp³-hybridized carbons (Fsp3) is 0.667. The van der Waals surface area contributed by atoms with Gasteiger partial charge in [0.15, 0.2) is 18.2 Å². The van der Waals surface area contributed by atoms with E-state index in [2.05, 4.69) is 10.0 Å². The topological polar surface area (TPSA) is 142 Å². The van der Waals surface area contributed by atoms with Gasteiger partial charge in [-0.25, -0.2) is 9.18 Å². The van der Waals surface area contributed by atoms with Crippen molar-refractivity contribution in [2.75, 3.05) is 19.8 Å². The number of aromatic nitrogens is 2. The molecule has 23 heavy (non-hydrogen) atoms. The third-order valence-electron chi connectivity index (χ3n) is 3.71. The van der Waals surface area contributed by atoms with Crippen molar-refractivity contribution in [3.05, 3.63) is 43.5 Å². The number of rotatable bonds is 6. The van der Waals surface area contributed by atoms with Gasteiger partial charge in [-0.15, -0.1) is 0 Å². The van der Waals surface area contributed by atoms with Gasteiger partial charge in [0.25, 0.3) is 5.56 Å². The average Bonchev–Trinajstić information content (AvgIpc) is 2.77. The van der Waals surface area contributed by atoms with E-state index in [1.54, 1.807) is 0 Å². The van der Waals surface area contributed by atoms with Gasteiger partial charge in [0.2, 0.25) is 0 Å². The Bertz CT molecular complexity index is 714. The number of H-pyrrole nitrogens is 1. The van der Waals surface area contributed by atoms with Crippen LogP contribution >= 0.6 is 0 Å². The molecule has 2 N–H and O–H groups in total. The molecule has 0 saturated carbocycles. The van der Waals surface area contributed by atoms with Gasteiger partial charge in [-0.2, -0.15) is 0 Å². The van der Waals surface area contributed by atoms with Crippen molar-refractivity contribution in [3.63, 3.8) is 0 Å². The van der Waals surface area contributed by atoms with Crippen molar-refractivity contribution in [1.29, 1.82) is 0 Å². The Hall–Kier alpha value is -2.20. The van der Waals surface area contributed by atoms with Crippen molar-refractivity contribution in [2.45, 2.75) is 25.1 Å². The van der Waals surface area contributed by atoms with E-state index < -0.39 is 42.0 Å². The largest absolute Gasteiger partial charge is 0.391 e. The molecule has 1 fully saturated rings. The lowest BCUT2D eigenvalue weighted by Gasteiger charge is -2.30. The minimum Gasteiger partial charge on any atom is -0.391 e. The highest BCUT2D eigenvalue weighted by Gasteiger charge is 2.55. The number of alkyl halides is 1. The summed E-state index contributed by atoms with van der Waals surface area (Å²) in [6, 6.07) is 1.06. The maximum absolute atomic E-state index is 14.6. The van der Waals surface area contributed by atoms with Crippen molar-refractivity contribution >= 4 is 0 Å². The third-order valence-corrected chi connectivity index (χ3v) is 3.71. The van der Waals surface area contributed by atoms with Crippen molar-refractivity contribution in [1.82, 2.24) is 9.55 Å². The second-order valence-electron chi connectivity index (χ2n) is 5.03. The summed E-state index contributed by atoms with van der Waals surface area (Å²) in [6.07, 6.45) is -1.91. The van der Waals surface area contributed by atoms with Crippen molar-refractivity contribution in [2.24, 2.45) is 11.0 Å². The highest BCUT2D eigenvalue weighted by Crippen LogP contribution is 2.43. The molecule has 2 heterocycles. The van der Waals surface area contributed by atoms with Crippen LogP contribution in [0.5, 0.6) is 0 Å². The first-order valence-corrected chi connectivity index (χ1v) is 6.84. The minimum absolute atomic E-state index is 0.0193. The van der Waals surface area contributed by atoms with Crippen LogP contribution in [-0.2, 0) is 9.47 Å². The van der Waals surface area contributed by atoms with E-state index in [-0.39, 0.29) is 13.2 Å². The van der Waals surface area contributed by atoms with Gasteiger partial charge in [-0.05, 0) is 5.53 Å². The molecule has 1 aliphatic rings. The van der Waals surface area contributed by atoms with Crippen molar-refractivity contribution < 1.29 is 19.0 Å². The number of aromatic amines is 1. The molecule has 1 saturated heterocycles. The Morgan fingerprint density at radius 2 is 2.39 bits per heavy atom. The molecule has 4 atom stereocenters. The first-order chi connectivity index (χ1) is 10.9. The van der Waals surface area contributed by atoms with E-state index in [1.165, 1.54) is 6.92 Å². The molecule has 1 unspecified atom stereocenters. The van der Waals surface area contributed by atoms with Crippen LogP contribution in [0.3, 0.4) is 0 Å². The number of ether oxygens (including phenoxy) is 2. The molecule has 0 radical (unpaired) electrons. The molecule has 126 valence electrons. The van der Waals surface area contributed by atoms with Crippen LogP contribution in [0.15, 0.2) is 27.0 Å². The maximum atomic E-state index is 14.6. The summed E-state index contributed by atoms with van der Waals surface area (Å²) in [5.41, 5.74) is 6.76. The Kier molecular flexibility index (Phi) is 5.16. The maximum Gasteiger partial charge on any atom is 0.330 e. The number of azide groups is 1. The zero-order valence-electron chi connectivity index (χ0n) is 12.3. The zero-order chi connectivity index (χ0) is 17.0. The highest BCUT2D eigenvalue weighted by molar-refractivity contribution is 4.95. The number of nitrogens with one attached hydrogen (secondary N) is 1. The molecule has 11 heteroatoms. The summed E-state index contributed by atoms with van der Waals surface area (Å²) in [5, 5.41) is 12.8. The van der Waals surface area contributed by atoms with Gasteiger partial charge >= 0.3 is 5.69 Å². The van der Waals surface area contributed by atoms with E-state index in [1.807, 2.05) is 4.98 Å². The fourth-order valence-corrected chi connectivity index (χ4v) is 2.40. The molecule has 2 rings (SSSR count). The van der Waals surface area contributed by atoms with Gasteiger partial charge in [-0.1, -0.05) is 12.0 Å². The summed E-state index contributed by atoms with van der Waals surface area (Å²) < 4.78 is 26.3. The highest BCUT2D eigenvalue weighted by atomic mass is 19.1. The summed E-state index contributed by atoms with van der Waals surface area (Å²) in [7, 11) is 0. The number of nitrogens with zero attached hydrogens (tertiary/aromatic N) is 4. The van der Waals surface area contributed by atoms with Crippen LogP contribution in [0, 0.1) is 5.92 Å². The lowest BCUT2D eigenvalue weighted by molar-refractivity contribution is -0.268. The fourth-order valence-electron chi connectivity index (χ4n) is 2.40. The van der Waals surface area contributed by atoms with Crippen LogP contribution in [0.2, 0.25) is 0 Å². The standard InChI is InChI=1S/C12H16FN5O5/c1-7-9(13)10(18-4-2-8(20)16-11(18)21)23-12(7,6-19)22-5-3-15-17-14/h2,4,7,9-10,19H,3,5-6H2,1H3,(H,16,20,21)/t7?,9-,10+,12+/m0/s1. The Labute approximate surface area is 129 Å². The van der Waals surface area contributed by atoms with Gasteiger partial charge in [0.1, 0.15) is 0 Å². The average molecular weight is 329 g/mol. The molecule has 1 aliphatic heterocycles. The van der Waals surface area contributed by atoms with E-state index in [0.29, 0.717) is 0 Å². The molecule has 0 aromatic carbocycles. The summed E-state index contributed by atoms with van der Waals surface area (Å²) in [6.45, 7) is 0.702. The van der Waals surface area contributed by atoms with Crippen molar-refractivity contribution in [3.8, 4) is 0 Å². The molecule has 10 nitrogen and oxygen atoms in total. The Morgan fingerprint density at radius 3 is 3.00 bits per heavy atom. The molecule has 0 bridgehead atoms. The molecule has 0 aliphatic carbocycles. The van der Waals surface area contributed by atoms with Gasteiger partial charge in [0.05, 0.1) is 13.2 Å². The number of aliphatic hydroxyl groups is 1. The normalized spacial score (nSPS) is 30.1. The van der Waals surface area contributed by atoms with E-state index in [0.717, 1.165) is 16.8 Å². The third kappa shape index (κ3) is 3.27. The SMILES string of the molecule is CC1[C@H](F)[C@H](n2ccc(=O)[nH]c2=O)O[C@@]1(CO)OCCN=[N+]=[N-]. The zero-order valence-corrected chi connectivity index (χ0v) is 12.3. The molecule has 1 aromatic heterocycles. The van der Waals surface area contributed by atoms with Crippen LogP contribution in [-0.4, -0.2) is 46.4 Å². The molecule has 0 spiro atoms. The van der Waals surface area contributed by atoms with Gasteiger partial charge in [-0.3, -0.25) is 14.3 Å². The number of halogens is 1. The molecule has 1 aromatic rings. The monoisotopic (exact) mass is 329 g/mol. The summed E-state index contributed by atoms with van der Waals surface area (Å²) in [4.78, 5) is 27.4. The molecular weight excluding hydrogens is 313 g/mol. The minimum atomic E-state index is -1.68. The number of aliphatic hydroxyl groups excluding tert-OH is 1. The second kappa shape index (κ2) is 6.92. The van der Waals surface area contributed by atoms with E-state index in [9.17, 15) is 19.1 Å². The molecule has 0 amide bonds. The first-order valence-electron chi connectivity index (χ1n) is 6.84. The molecular formula is C12H16FN5O5. The van der Waals surface area contributed by atoms with E-state index >= 15 is 0 Å². The smallest absolute Gasteiger partial charge is 0.330 e.